The maximum Gasteiger partial charge on any atom is 0.272 e. The first-order chi connectivity index (χ1) is 9.22. The van der Waals surface area contributed by atoms with Crippen LogP contribution in [0.25, 0.3) is 0 Å². The maximum atomic E-state index is 12.2. The third kappa shape index (κ3) is 2.28. The van der Waals surface area contributed by atoms with Crippen molar-refractivity contribution >= 4 is 11.6 Å². The highest BCUT2D eigenvalue weighted by Gasteiger charge is 2.42. The molecular weight excluding hydrogens is 238 g/mol. The van der Waals surface area contributed by atoms with E-state index in [0.29, 0.717) is 5.71 Å². The van der Waals surface area contributed by atoms with Crippen LogP contribution in [0.15, 0.2) is 35.3 Å². The average molecular weight is 257 g/mol. The molecular formula is C15H19N3O. The number of carbonyl (C=O) groups excluding carboxylic acids is 1. The Balaban J connectivity index is 1.90. The number of piperidine rings is 1. The van der Waals surface area contributed by atoms with Crippen molar-refractivity contribution < 1.29 is 4.79 Å². The number of rotatable bonds is 2. The van der Waals surface area contributed by atoms with E-state index in [1.165, 1.54) is 0 Å². The summed E-state index contributed by atoms with van der Waals surface area (Å²) in [6.45, 7) is 5.08. The first-order valence-electron chi connectivity index (χ1n) is 6.92. The van der Waals surface area contributed by atoms with Gasteiger partial charge in [-0.1, -0.05) is 37.3 Å². The van der Waals surface area contributed by atoms with Gasteiger partial charge in [0.25, 0.3) is 5.91 Å². The molecule has 2 aliphatic rings. The number of nitrogens with one attached hydrogen (secondary N) is 1. The monoisotopic (exact) mass is 257 g/mol. The summed E-state index contributed by atoms with van der Waals surface area (Å²) in [5.74, 6) is -0.0378. The molecule has 2 aliphatic heterocycles. The molecule has 1 saturated heterocycles. The summed E-state index contributed by atoms with van der Waals surface area (Å²) in [5, 5.41) is 3.10. The van der Waals surface area contributed by atoms with Crippen LogP contribution in [0.4, 0.5) is 0 Å². The molecule has 100 valence electrons. The Morgan fingerprint density at radius 3 is 2.89 bits per heavy atom. The molecule has 0 radical (unpaired) electrons. The average Bonchev–Trinajstić information content (AvgIpc) is 2.76. The molecule has 4 nitrogen and oxygen atoms in total. The standard InChI is InChI=1S/C15H19N3O/c1-2-18-10-6-9-15(11-18)16-13(14(19)17-15)12-7-4-3-5-8-12/h3-5,7-8H,2,6,9-11H2,1H3,(H,17,19)/t15-/m1/s1. The molecule has 1 atom stereocenters. The van der Waals surface area contributed by atoms with Crippen LogP contribution in [0.5, 0.6) is 0 Å². The molecule has 1 N–H and O–H groups in total. The van der Waals surface area contributed by atoms with E-state index in [1.54, 1.807) is 0 Å². The van der Waals surface area contributed by atoms with E-state index in [4.69, 9.17) is 4.99 Å². The van der Waals surface area contributed by atoms with Crippen molar-refractivity contribution in [1.29, 1.82) is 0 Å². The smallest absolute Gasteiger partial charge is 0.272 e. The predicted molar refractivity (Wildman–Crippen MR) is 75.2 cm³/mol. The highest BCUT2D eigenvalue weighted by molar-refractivity contribution is 6.46. The molecule has 0 unspecified atom stereocenters. The number of aliphatic imine (C=N–C) groups is 1. The molecule has 4 heteroatoms. The fraction of sp³-hybridized carbons (Fsp3) is 0.467. The molecule has 1 spiro atoms. The third-order valence-electron chi connectivity index (χ3n) is 3.93. The van der Waals surface area contributed by atoms with Crippen molar-refractivity contribution in [3.05, 3.63) is 35.9 Å². The van der Waals surface area contributed by atoms with Gasteiger partial charge >= 0.3 is 0 Å². The summed E-state index contributed by atoms with van der Waals surface area (Å²) in [6.07, 6.45) is 2.02. The van der Waals surface area contributed by atoms with Crippen molar-refractivity contribution in [2.45, 2.75) is 25.4 Å². The molecule has 0 bridgehead atoms. The molecule has 2 heterocycles. The minimum absolute atomic E-state index is 0.0378. The van der Waals surface area contributed by atoms with Gasteiger partial charge in [-0.15, -0.1) is 0 Å². The van der Waals surface area contributed by atoms with Crippen LogP contribution < -0.4 is 5.32 Å². The lowest BCUT2D eigenvalue weighted by atomic mass is 9.99. The largest absolute Gasteiger partial charge is 0.325 e. The Kier molecular flexibility index (Phi) is 3.11. The van der Waals surface area contributed by atoms with Crippen molar-refractivity contribution in [3.8, 4) is 0 Å². The first-order valence-corrected chi connectivity index (χ1v) is 6.92. The summed E-state index contributed by atoms with van der Waals surface area (Å²) in [7, 11) is 0. The summed E-state index contributed by atoms with van der Waals surface area (Å²) < 4.78 is 0. The number of hydrogen-bond acceptors (Lipinski definition) is 3. The minimum Gasteiger partial charge on any atom is -0.325 e. The Labute approximate surface area is 113 Å². The SMILES string of the molecule is CCN1CCC[C@@]2(C1)N=C(c1ccccc1)C(=O)N2. The van der Waals surface area contributed by atoms with Gasteiger partial charge in [-0.05, 0) is 25.9 Å². The summed E-state index contributed by atoms with van der Waals surface area (Å²) in [5.41, 5.74) is 1.10. The summed E-state index contributed by atoms with van der Waals surface area (Å²) >= 11 is 0. The molecule has 1 fully saturated rings. The second-order valence-electron chi connectivity index (χ2n) is 5.28. The number of nitrogens with zero attached hydrogens (tertiary/aromatic N) is 2. The van der Waals surface area contributed by atoms with Crippen molar-refractivity contribution in [2.24, 2.45) is 4.99 Å². The van der Waals surface area contributed by atoms with Gasteiger partial charge in [0.1, 0.15) is 11.4 Å². The molecule has 0 aliphatic carbocycles. The zero-order valence-electron chi connectivity index (χ0n) is 11.2. The summed E-state index contributed by atoms with van der Waals surface area (Å²) in [6, 6.07) is 9.71. The van der Waals surface area contributed by atoms with E-state index in [1.807, 2.05) is 30.3 Å². The van der Waals surface area contributed by atoms with E-state index in [9.17, 15) is 4.79 Å². The number of likely N-dealkylation sites (tertiary alicyclic amines) is 1. The zero-order chi connectivity index (χ0) is 13.3. The van der Waals surface area contributed by atoms with Crippen LogP contribution >= 0.6 is 0 Å². The lowest BCUT2D eigenvalue weighted by Crippen LogP contribution is -2.54. The second kappa shape index (κ2) is 4.78. The van der Waals surface area contributed by atoms with Gasteiger partial charge in [-0.3, -0.25) is 9.69 Å². The molecule has 0 saturated carbocycles. The van der Waals surface area contributed by atoms with Gasteiger partial charge in [0.2, 0.25) is 0 Å². The Hall–Kier alpha value is -1.68. The van der Waals surface area contributed by atoms with E-state index in [0.717, 1.165) is 38.0 Å². The summed E-state index contributed by atoms with van der Waals surface area (Å²) in [4.78, 5) is 19.3. The molecule has 0 aromatic heterocycles. The topological polar surface area (TPSA) is 44.7 Å². The van der Waals surface area contributed by atoms with Crippen LogP contribution in [0.3, 0.4) is 0 Å². The molecule has 1 aromatic carbocycles. The van der Waals surface area contributed by atoms with Crippen LogP contribution in [0, 0.1) is 0 Å². The number of benzene rings is 1. The maximum absolute atomic E-state index is 12.2. The zero-order valence-corrected chi connectivity index (χ0v) is 11.2. The molecule has 19 heavy (non-hydrogen) atoms. The molecule has 1 aromatic rings. The number of carbonyl (C=O) groups is 1. The van der Waals surface area contributed by atoms with E-state index in [2.05, 4.69) is 17.1 Å². The Morgan fingerprint density at radius 1 is 1.37 bits per heavy atom. The highest BCUT2D eigenvalue weighted by atomic mass is 16.2. The number of amides is 1. The van der Waals surface area contributed by atoms with E-state index < -0.39 is 5.66 Å². The van der Waals surface area contributed by atoms with Gasteiger partial charge < -0.3 is 5.32 Å². The van der Waals surface area contributed by atoms with Crippen LogP contribution in [0.1, 0.15) is 25.3 Å². The molecule has 1 amide bonds. The van der Waals surface area contributed by atoms with Gasteiger partial charge in [-0.25, -0.2) is 4.99 Å². The number of hydrogen-bond donors (Lipinski definition) is 1. The van der Waals surface area contributed by atoms with Crippen molar-refractivity contribution in [2.75, 3.05) is 19.6 Å². The minimum atomic E-state index is -0.392. The van der Waals surface area contributed by atoms with E-state index in [-0.39, 0.29) is 5.91 Å². The Bertz CT molecular complexity index is 511. The van der Waals surface area contributed by atoms with E-state index >= 15 is 0 Å². The van der Waals surface area contributed by atoms with Crippen LogP contribution in [-0.2, 0) is 4.79 Å². The Morgan fingerprint density at radius 2 is 2.16 bits per heavy atom. The quantitative estimate of drug-likeness (QED) is 0.871. The van der Waals surface area contributed by atoms with Crippen LogP contribution in [-0.4, -0.2) is 41.8 Å². The third-order valence-corrected chi connectivity index (χ3v) is 3.93. The van der Waals surface area contributed by atoms with Gasteiger partial charge in [0.15, 0.2) is 0 Å². The fourth-order valence-corrected chi connectivity index (χ4v) is 2.94. The molecule has 3 rings (SSSR count). The fourth-order valence-electron chi connectivity index (χ4n) is 2.94. The lowest BCUT2D eigenvalue weighted by Gasteiger charge is -2.37. The predicted octanol–water partition coefficient (Wildman–Crippen LogP) is 1.42. The van der Waals surface area contributed by atoms with Crippen LogP contribution in [0.2, 0.25) is 0 Å². The van der Waals surface area contributed by atoms with Gasteiger partial charge in [0, 0.05) is 12.1 Å². The number of likely N-dealkylation sites (N-methyl/N-ethyl adjacent to an activating group) is 1. The second-order valence-corrected chi connectivity index (χ2v) is 5.28. The van der Waals surface area contributed by atoms with Gasteiger partial charge in [-0.2, -0.15) is 0 Å². The lowest BCUT2D eigenvalue weighted by molar-refractivity contribution is -0.115. The van der Waals surface area contributed by atoms with Gasteiger partial charge in [0.05, 0.1) is 0 Å². The normalized spacial score (nSPS) is 27.4. The first kappa shape index (κ1) is 12.4. The van der Waals surface area contributed by atoms with Crippen molar-refractivity contribution in [1.82, 2.24) is 10.2 Å². The highest BCUT2D eigenvalue weighted by Crippen LogP contribution is 2.27. The van der Waals surface area contributed by atoms with Crippen molar-refractivity contribution in [3.63, 3.8) is 0 Å².